The highest BCUT2D eigenvalue weighted by molar-refractivity contribution is 7.98. The minimum absolute atomic E-state index is 0.0593. The lowest BCUT2D eigenvalue weighted by Gasteiger charge is -2.17. The molecular formula is C20H20N6O2S. The second kappa shape index (κ2) is 8.44. The van der Waals surface area contributed by atoms with E-state index < -0.39 is 0 Å². The molecule has 9 heteroatoms. The lowest BCUT2D eigenvalue weighted by atomic mass is 10.1. The molecule has 29 heavy (non-hydrogen) atoms. The number of pyridine rings is 1. The van der Waals surface area contributed by atoms with E-state index in [-0.39, 0.29) is 23.9 Å². The summed E-state index contributed by atoms with van der Waals surface area (Å²) in [4.78, 5) is 24.8. The third kappa shape index (κ3) is 4.00. The fourth-order valence-corrected chi connectivity index (χ4v) is 3.77. The first-order valence-corrected chi connectivity index (χ1v) is 10.6. The van der Waals surface area contributed by atoms with Crippen molar-refractivity contribution in [2.75, 3.05) is 12.0 Å². The van der Waals surface area contributed by atoms with Crippen LogP contribution in [-0.4, -0.2) is 42.7 Å². The first-order chi connectivity index (χ1) is 14.2. The number of nitrogens with zero attached hydrogens (tertiary/aromatic N) is 4. The van der Waals surface area contributed by atoms with Gasteiger partial charge in [0.15, 0.2) is 11.5 Å². The Labute approximate surface area is 170 Å². The Hall–Kier alpha value is -3.20. The van der Waals surface area contributed by atoms with Crippen LogP contribution in [0.4, 0.5) is 0 Å². The van der Waals surface area contributed by atoms with Crippen molar-refractivity contribution in [1.82, 2.24) is 30.1 Å². The Morgan fingerprint density at radius 3 is 2.79 bits per heavy atom. The van der Waals surface area contributed by atoms with Gasteiger partial charge in [-0.3, -0.25) is 14.0 Å². The first kappa shape index (κ1) is 19.1. The van der Waals surface area contributed by atoms with Crippen LogP contribution >= 0.6 is 11.8 Å². The summed E-state index contributed by atoms with van der Waals surface area (Å²) in [7, 11) is 0. The summed E-state index contributed by atoms with van der Waals surface area (Å²) in [6.07, 6.45) is 4.70. The zero-order chi connectivity index (χ0) is 20.2. The molecule has 0 aliphatic rings. The van der Waals surface area contributed by atoms with Gasteiger partial charge in [-0.05, 0) is 36.6 Å². The zero-order valence-corrected chi connectivity index (χ0v) is 16.6. The van der Waals surface area contributed by atoms with E-state index in [0.29, 0.717) is 22.3 Å². The summed E-state index contributed by atoms with van der Waals surface area (Å²) in [5.41, 5.74) is 1.00. The summed E-state index contributed by atoms with van der Waals surface area (Å²) in [6.45, 7) is 0. The Kier molecular flexibility index (Phi) is 5.57. The molecule has 0 saturated heterocycles. The van der Waals surface area contributed by atoms with E-state index in [0.717, 1.165) is 17.8 Å². The van der Waals surface area contributed by atoms with E-state index in [2.05, 4.69) is 25.7 Å². The highest BCUT2D eigenvalue weighted by Crippen LogP contribution is 2.19. The summed E-state index contributed by atoms with van der Waals surface area (Å²) in [5, 5.41) is 19.3. The van der Waals surface area contributed by atoms with Crippen LogP contribution in [0.5, 0.6) is 0 Å². The number of benzene rings is 1. The van der Waals surface area contributed by atoms with Crippen molar-refractivity contribution >= 4 is 34.1 Å². The average Bonchev–Trinajstić information content (AvgIpc) is 3.17. The predicted molar refractivity (Wildman–Crippen MR) is 113 cm³/mol. The molecule has 0 spiro atoms. The fourth-order valence-electron chi connectivity index (χ4n) is 3.30. The molecule has 2 N–H and O–H groups in total. The molecule has 8 nitrogen and oxygen atoms in total. The minimum Gasteiger partial charge on any atom is -0.346 e. The number of nitrogens with one attached hydrogen (secondary N) is 2. The van der Waals surface area contributed by atoms with E-state index in [1.807, 2.05) is 41.1 Å². The molecule has 0 fully saturated rings. The van der Waals surface area contributed by atoms with E-state index in [9.17, 15) is 9.59 Å². The molecular weight excluding hydrogens is 388 g/mol. The smallest absolute Gasteiger partial charge is 0.272 e. The number of rotatable bonds is 7. The van der Waals surface area contributed by atoms with Gasteiger partial charge in [0.1, 0.15) is 0 Å². The quantitative estimate of drug-likeness (QED) is 0.485. The van der Waals surface area contributed by atoms with Gasteiger partial charge in [-0.15, -0.1) is 10.2 Å². The number of carbonyl (C=O) groups is 1. The number of fused-ring (bicyclic) bond motifs is 2. The monoisotopic (exact) mass is 408 g/mol. The van der Waals surface area contributed by atoms with Crippen LogP contribution in [-0.2, 0) is 11.2 Å². The highest BCUT2D eigenvalue weighted by atomic mass is 32.2. The third-order valence-electron chi connectivity index (χ3n) is 4.70. The number of hydrogen-bond acceptors (Lipinski definition) is 6. The van der Waals surface area contributed by atoms with Gasteiger partial charge in [-0.25, -0.2) is 5.10 Å². The van der Waals surface area contributed by atoms with Gasteiger partial charge in [-0.1, -0.05) is 24.3 Å². The van der Waals surface area contributed by atoms with Crippen molar-refractivity contribution in [2.45, 2.75) is 18.9 Å². The van der Waals surface area contributed by atoms with Crippen LogP contribution in [0.25, 0.3) is 16.4 Å². The third-order valence-corrected chi connectivity index (χ3v) is 5.34. The van der Waals surface area contributed by atoms with Gasteiger partial charge in [0.05, 0.1) is 23.5 Å². The van der Waals surface area contributed by atoms with Gasteiger partial charge < -0.3 is 5.32 Å². The van der Waals surface area contributed by atoms with Gasteiger partial charge >= 0.3 is 0 Å². The topological polar surface area (TPSA) is 105 Å². The van der Waals surface area contributed by atoms with Crippen LogP contribution < -0.4 is 10.9 Å². The fraction of sp³-hybridized carbons (Fsp3) is 0.250. The number of aromatic amines is 1. The Morgan fingerprint density at radius 2 is 1.97 bits per heavy atom. The standard InChI is InChI=1S/C20H20N6O2S/c1-29-11-9-15(19-24-23-17-8-4-5-10-26(17)19)21-18(27)12-16-13-6-2-3-7-14(13)20(28)25-22-16/h2-8,10,15H,9,11-12H2,1H3,(H,21,27)(H,25,28). The number of aromatic nitrogens is 5. The zero-order valence-electron chi connectivity index (χ0n) is 15.8. The van der Waals surface area contributed by atoms with Crippen molar-refractivity contribution in [1.29, 1.82) is 0 Å². The normalized spacial score (nSPS) is 12.3. The molecule has 0 aliphatic carbocycles. The predicted octanol–water partition coefficient (Wildman–Crippen LogP) is 2.12. The van der Waals surface area contributed by atoms with Gasteiger partial charge in [0.25, 0.3) is 5.56 Å². The van der Waals surface area contributed by atoms with Crippen molar-refractivity contribution < 1.29 is 4.79 Å². The van der Waals surface area contributed by atoms with Crippen LogP contribution in [0.1, 0.15) is 24.0 Å². The summed E-state index contributed by atoms with van der Waals surface area (Å²) >= 11 is 1.71. The van der Waals surface area contributed by atoms with Crippen LogP contribution in [0.3, 0.4) is 0 Å². The van der Waals surface area contributed by atoms with Crippen molar-refractivity contribution in [3.05, 3.63) is 70.5 Å². The average molecular weight is 408 g/mol. The lowest BCUT2D eigenvalue weighted by molar-refractivity contribution is -0.121. The number of carbonyl (C=O) groups excluding carboxylic acids is 1. The van der Waals surface area contributed by atoms with E-state index >= 15 is 0 Å². The van der Waals surface area contributed by atoms with Crippen LogP contribution in [0.15, 0.2) is 53.5 Å². The van der Waals surface area contributed by atoms with E-state index in [1.165, 1.54) is 0 Å². The van der Waals surface area contributed by atoms with Crippen LogP contribution in [0, 0.1) is 0 Å². The second-order valence-corrected chi connectivity index (χ2v) is 7.60. The largest absolute Gasteiger partial charge is 0.346 e. The SMILES string of the molecule is CSCCC(NC(=O)Cc1n[nH]c(=O)c2ccccc12)c1nnc2ccccn12. The maximum Gasteiger partial charge on any atom is 0.272 e. The Bertz CT molecular complexity index is 1220. The molecule has 1 unspecified atom stereocenters. The summed E-state index contributed by atoms with van der Waals surface area (Å²) in [6, 6.07) is 12.5. The molecule has 3 heterocycles. The number of H-pyrrole nitrogens is 1. The highest BCUT2D eigenvalue weighted by Gasteiger charge is 2.21. The van der Waals surface area contributed by atoms with Gasteiger partial charge in [-0.2, -0.15) is 16.9 Å². The molecule has 0 aliphatic heterocycles. The molecule has 3 aromatic heterocycles. The molecule has 1 aromatic carbocycles. The van der Waals surface area contributed by atoms with Gasteiger partial charge in [0, 0.05) is 11.6 Å². The van der Waals surface area contributed by atoms with Gasteiger partial charge in [0.2, 0.25) is 5.91 Å². The first-order valence-electron chi connectivity index (χ1n) is 9.21. The molecule has 0 radical (unpaired) electrons. The number of hydrogen-bond donors (Lipinski definition) is 2. The molecule has 148 valence electrons. The Balaban J connectivity index is 1.59. The molecule has 0 saturated carbocycles. The van der Waals surface area contributed by atoms with Crippen molar-refractivity contribution in [2.24, 2.45) is 0 Å². The molecule has 4 aromatic rings. The lowest BCUT2D eigenvalue weighted by Crippen LogP contribution is -2.32. The van der Waals surface area contributed by atoms with Crippen molar-refractivity contribution in [3.63, 3.8) is 0 Å². The molecule has 1 amide bonds. The van der Waals surface area contributed by atoms with Crippen molar-refractivity contribution in [3.8, 4) is 0 Å². The van der Waals surface area contributed by atoms with E-state index in [4.69, 9.17) is 0 Å². The van der Waals surface area contributed by atoms with E-state index in [1.54, 1.807) is 30.0 Å². The Morgan fingerprint density at radius 1 is 1.17 bits per heavy atom. The summed E-state index contributed by atoms with van der Waals surface area (Å²) < 4.78 is 1.89. The molecule has 0 bridgehead atoms. The minimum atomic E-state index is -0.277. The molecule has 4 rings (SSSR count). The molecule has 1 atom stereocenters. The second-order valence-electron chi connectivity index (χ2n) is 6.61. The maximum absolute atomic E-state index is 12.8. The van der Waals surface area contributed by atoms with Crippen LogP contribution in [0.2, 0.25) is 0 Å². The number of amides is 1. The maximum atomic E-state index is 12.8. The summed E-state index contributed by atoms with van der Waals surface area (Å²) in [5.74, 6) is 1.38. The number of thioether (sulfide) groups is 1.